The van der Waals surface area contributed by atoms with Crippen molar-refractivity contribution in [3.05, 3.63) is 0 Å². The smallest absolute Gasteiger partial charge is 0.410 e. The van der Waals surface area contributed by atoms with Gasteiger partial charge in [0.25, 0.3) is 0 Å². The predicted octanol–water partition coefficient (Wildman–Crippen LogP) is 1.65. The summed E-state index contributed by atoms with van der Waals surface area (Å²) in [6.45, 7) is 5.53. The Morgan fingerprint density at radius 2 is 1.90 bits per heavy atom. The minimum atomic E-state index is -3.19. The minimum Gasteiger partial charge on any atom is -0.444 e. The molecule has 0 aromatic rings. The van der Waals surface area contributed by atoms with Gasteiger partial charge < -0.3 is 9.64 Å². The van der Waals surface area contributed by atoms with E-state index < -0.39 is 32.8 Å². The molecule has 2 atom stereocenters. The van der Waals surface area contributed by atoms with Crippen molar-refractivity contribution >= 4 is 33.7 Å². The Morgan fingerprint density at radius 1 is 1.33 bits per heavy atom. The van der Waals surface area contributed by atoms with E-state index in [1.165, 1.54) is 11.2 Å². The zero-order chi connectivity index (χ0) is 16.4. The van der Waals surface area contributed by atoms with Crippen molar-refractivity contribution in [2.75, 3.05) is 12.8 Å². The van der Waals surface area contributed by atoms with E-state index in [9.17, 15) is 18.0 Å². The lowest BCUT2D eigenvalue weighted by Gasteiger charge is -2.39. The molecule has 1 fully saturated rings. The Bertz CT molecular complexity index is 509. The predicted molar refractivity (Wildman–Crippen MR) is 83.2 cm³/mol. The highest BCUT2D eigenvalue weighted by atomic mass is 32.2. The summed E-state index contributed by atoms with van der Waals surface area (Å²) in [5, 5.41) is -0.906. The van der Waals surface area contributed by atoms with Crippen LogP contribution < -0.4 is 0 Å². The molecule has 1 rings (SSSR count). The Morgan fingerprint density at radius 3 is 2.33 bits per heavy atom. The van der Waals surface area contributed by atoms with Crippen LogP contribution in [0.5, 0.6) is 0 Å². The maximum atomic E-state index is 12.2. The molecule has 122 valence electrons. The summed E-state index contributed by atoms with van der Waals surface area (Å²) in [7, 11) is -3.19. The second kappa shape index (κ2) is 6.56. The molecule has 1 saturated heterocycles. The minimum absolute atomic E-state index is 0.0222. The molecule has 1 aliphatic heterocycles. The van der Waals surface area contributed by atoms with E-state index in [-0.39, 0.29) is 24.5 Å². The number of carbonyl (C=O) groups is 2. The van der Waals surface area contributed by atoms with Gasteiger partial charge in [-0.2, -0.15) is 0 Å². The van der Waals surface area contributed by atoms with E-state index in [0.29, 0.717) is 6.42 Å². The van der Waals surface area contributed by atoms with Gasteiger partial charge in [-0.25, -0.2) is 13.2 Å². The van der Waals surface area contributed by atoms with Gasteiger partial charge in [0.1, 0.15) is 15.4 Å². The lowest BCUT2D eigenvalue weighted by molar-refractivity contribution is -0.112. The van der Waals surface area contributed by atoms with E-state index in [4.69, 9.17) is 4.74 Å². The Kier molecular flexibility index (Phi) is 5.71. The van der Waals surface area contributed by atoms with Crippen LogP contribution in [-0.2, 0) is 19.4 Å². The van der Waals surface area contributed by atoms with Crippen molar-refractivity contribution in [2.24, 2.45) is 0 Å². The fourth-order valence-electron chi connectivity index (χ4n) is 2.36. The molecule has 2 unspecified atom stereocenters. The first-order chi connectivity index (χ1) is 9.40. The number of likely N-dealkylation sites (tertiary alicyclic amines) is 1. The third-order valence-corrected chi connectivity index (χ3v) is 5.13. The Balaban J connectivity index is 2.88. The molecule has 1 amide bonds. The molecular weight excluding hydrogens is 314 g/mol. The number of ether oxygens (including phenoxy) is 1. The fourth-order valence-corrected chi connectivity index (χ4v) is 3.68. The SMILES string of the molecule is CC(C)(C)OC(=O)N1CCC(S(C)(=O)=O)CC1CC(=O)S. The first kappa shape index (κ1) is 18.3. The molecule has 0 spiro atoms. The number of piperidine rings is 1. The standard InChI is InChI=1S/C13H23NO5S2/c1-13(2,3)19-12(16)14-6-5-10(21(4,17)18)7-9(14)8-11(15)20/h9-10H,5-8H2,1-4H3,(H,15,20). The molecule has 0 saturated carbocycles. The van der Waals surface area contributed by atoms with Gasteiger partial charge in [-0.1, -0.05) is 0 Å². The quantitative estimate of drug-likeness (QED) is 0.792. The first-order valence-corrected chi connectivity index (χ1v) is 9.20. The summed E-state index contributed by atoms with van der Waals surface area (Å²) in [5.41, 5.74) is -0.639. The highest BCUT2D eigenvalue weighted by molar-refractivity contribution is 7.96. The van der Waals surface area contributed by atoms with Gasteiger partial charge in [-0.05, 0) is 33.6 Å². The molecule has 0 aromatic heterocycles. The summed E-state index contributed by atoms with van der Waals surface area (Å²) >= 11 is 3.74. The molecule has 0 aliphatic carbocycles. The largest absolute Gasteiger partial charge is 0.444 e. The van der Waals surface area contributed by atoms with Gasteiger partial charge in [-0.3, -0.25) is 4.79 Å². The lowest BCUT2D eigenvalue weighted by atomic mass is 10.00. The number of nitrogens with zero attached hydrogens (tertiary/aromatic N) is 1. The third-order valence-electron chi connectivity index (χ3n) is 3.31. The maximum absolute atomic E-state index is 12.2. The maximum Gasteiger partial charge on any atom is 0.410 e. The van der Waals surface area contributed by atoms with Crippen molar-refractivity contribution < 1.29 is 22.7 Å². The van der Waals surface area contributed by atoms with Gasteiger partial charge in [0.15, 0.2) is 5.12 Å². The number of rotatable bonds is 3. The molecule has 1 heterocycles. The van der Waals surface area contributed by atoms with E-state index in [2.05, 4.69) is 12.6 Å². The zero-order valence-corrected chi connectivity index (χ0v) is 14.5. The molecule has 0 aromatic carbocycles. The van der Waals surface area contributed by atoms with E-state index in [1.54, 1.807) is 20.8 Å². The molecule has 21 heavy (non-hydrogen) atoms. The topological polar surface area (TPSA) is 80.8 Å². The van der Waals surface area contributed by atoms with E-state index >= 15 is 0 Å². The van der Waals surface area contributed by atoms with Crippen molar-refractivity contribution in [3.63, 3.8) is 0 Å². The van der Waals surface area contributed by atoms with Crippen LogP contribution in [0.15, 0.2) is 0 Å². The Labute approximate surface area is 131 Å². The van der Waals surface area contributed by atoms with Gasteiger partial charge in [0.05, 0.1) is 5.25 Å². The molecule has 0 radical (unpaired) electrons. The molecule has 1 aliphatic rings. The van der Waals surface area contributed by atoms with Crippen molar-refractivity contribution in [1.29, 1.82) is 0 Å². The van der Waals surface area contributed by atoms with Gasteiger partial charge in [0.2, 0.25) is 0 Å². The average molecular weight is 337 g/mol. The van der Waals surface area contributed by atoms with Crippen LogP contribution in [0.4, 0.5) is 4.79 Å². The van der Waals surface area contributed by atoms with Gasteiger partial charge in [-0.15, -0.1) is 12.6 Å². The first-order valence-electron chi connectivity index (χ1n) is 6.80. The van der Waals surface area contributed by atoms with Crippen molar-refractivity contribution in [1.82, 2.24) is 4.90 Å². The number of hydrogen-bond donors (Lipinski definition) is 1. The van der Waals surface area contributed by atoms with Crippen LogP contribution >= 0.6 is 12.6 Å². The molecule has 6 nitrogen and oxygen atoms in total. The van der Waals surface area contributed by atoms with Crippen LogP contribution in [0.2, 0.25) is 0 Å². The number of amides is 1. The summed E-state index contributed by atoms with van der Waals surface area (Å²) in [4.78, 5) is 24.9. The number of sulfone groups is 1. The second-order valence-corrected chi connectivity index (χ2v) is 9.23. The van der Waals surface area contributed by atoms with E-state index in [1.807, 2.05) is 0 Å². The Hall–Kier alpha value is -0.760. The van der Waals surface area contributed by atoms with Gasteiger partial charge in [0, 0.05) is 25.3 Å². The van der Waals surface area contributed by atoms with Gasteiger partial charge >= 0.3 is 6.09 Å². The molecule has 0 N–H and O–H groups in total. The van der Waals surface area contributed by atoms with Crippen LogP contribution in [0.25, 0.3) is 0 Å². The van der Waals surface area contributed by atoms with E-state index in [0.717, 1.165) is 0 Å². The van der Waals surface area contributed by atoms with Crippen LogP contribution in [0, 0.1) is 0 Å². The molecular formula is C13H23NO5S2. The normalized spacial score (nSPS) is 23.8. The highest BCUT2D eigenvalue weighted by Gasteiger charge is 2.38. The summed E-state index contributed by atoms with van der Waals surface area (Å²) in [6, 6.07) is -0.488. The third kappa shape index (κ3) is 5.86. The monoisotopic (exact) mass is 337 g/mol. The second-order valence-electron chi connectivity index (χ2n) is 6.40. The number of thiol groups is 1. The average Bonchev–Trinajstić information content (AvgIpc) is 2.24. The van der Waals surface area contributed by atoms with Crippen LogP contribution in [0.1, 0.15) is 40.0 Å². The molecule has 8 heteroatoms. The van der Waals surface area contributed by atoms with Crippen LogP contribution in [-0.4, -0.2) is 54.2 Å². The summed E-state index contributed by atoms with van der Waals surface area (Å²) in [5.74, 6) is 0. The molecule has 0 bridgehead atoms. The number of hydrogen-bond acceptors (Lipinski definition) is 5. The van der Waals surface area contributed by atoms with Crippen molar-refractivity contribution in [2.45, 2.75) is 56.9 Å². The highest BCUT2D eigenvalue weighted by Crippen LogP contribution is 2.27. The van der Waals surface area contributed by atoms with Crippen molar-refractivity contribution in [3.8, 4) is 0 Å². The fraction of sp³-hybridized carbons (Fsp3) is 0.846. The van der Waals surface area contributed by atoms with Crippen LogP contribution in [0.3, 0.4) is 0 Å². The lowest BCUT2D eigenvalue weighted by Crippen LogP contribution is -2.51. The summed E-state index contributed by atoms with van der Waals surface area (Å²) < 4.78 is 28.7. The number of carbonyl (C=O) groups excluding carboxylic acids is 2. The zero-order valence-electron chi connectivity index (χ0n) is 12.8. The summed E-state index contributed by atoms with van der Waals surface area (Å²) in [6.07, 6.45) is 1.28.